The molecule has 0 saturated heterocycles. The van der Waals surface area contributed by atoms with Crippen LogP contribution in [0.25, 0.3) is 0 Å². The summed E-state index contributed by atoms with van der Waals surface area (Å²) in [5, 5.41) is 11.0. The normalized spacial score (nSPS) is 10.7. The second-order valence-electron chi connectivity index (χ2n) is 9.85. The van der Waals surface area contributed by atoms with Gasteiger partial charge in [0.1, 0.15) is 0 Å². The van der Waals surface area contributed by atoms with Gasteiger partial charge in [-0.25, -0.2) is 0 Å². The molecule has 0 spiro atoms. The van der Waals surface area contributed by atoms with E-state index >= 15 is 0 Å². The molecule has 0 bridgehead atoms. The van der Waals surface area contributed by atoms with E-state index < -0.39 is 0 Å². The number of anilines is 2. The average molecular weight is 692 g/mol. The molecule has 1 radical (unpaired) electrons. The van der Waals surface area contributed by atoms with Gasteiger partial charge in [0, 0.05) is 37.6 Å². The Balaban J connectivity index is 0. The van der Waals surface area contributed by atoms with Gasteiger partial charge in [0.25, 0.3) is 0 Å². The molecule has 2 aromatic carbocycles. The van der Waals surface area contributed by atoms with Crippen molar-refractivity contribution < 1.29 is 47.2 Å². The fraction of sp³-hybridized carbons (Fsp3) is 0.571. The van der Waals surface area contributed by atoms with E-state index in [1.807, 2.05) is 0 Å². The number of rotatable bonds is 12. The number of hydrogen-bond acceptors (Lipinski definition) is 3. The van der Waals surface area contributed by atoms with Gasteiger partial charge in [-0.1, -0.05) is 91.8 Å². The monoisotopic (exact) mass is 690 g/mol. The average Bonchev–Trinajstić information content (AvgIpc) is 2.72. The second kappa shape index (κ2) is 17.7. The van der Waals surface area contributed by atoms with Crippen LogP contribution in [0.5, 0.6) is 0 Å². The van der Waals surface area contributed by atoms with Crippen LogP contribution >= 0.6 is 0 Å². The molecule has 3 nitrogen and oxygen atoms in total. The number of halogens is 2. The van der Waals surface area contributed by atoms with Crippen LogP contribution in [0.15, 0.2) is 36.4 Å². The summed E-state index contributed by atoms with van der Waals surface area (Å²) >= 11 is 0. The standard InChI is InChI=1S/C28H45N3.Au.2ClH/c1-19(2)23-11-9-12-24(20(3)4)27(23)30-17-15-29-16-18-31-28-25(21(5)6)13-10-14-26(28)22(7)8;;;/h9-14,19-22,29-31H,15-18H2,1-8H3;;2*1H/q;+2;;/p-2. The second-order valence-corrected chi connectivity index (χ2v) is 9.85. The fourth-order valence-electron chi connectivity index (χ4n) is 4.19. The molecule has 0 fully saturated rings. The molecule has 0 aromatic heterocycles. The smallest absolute Gasteiger partial charge is 1.00 e. The Hall–Kier alpha value is -0.680. The van der Waals surface area contributed by atoms with Crippen LogP contribution in [0, 0.1) is 0 Å². The molecule has 0 atom stereocenters. The zero-order chi connectivity index (χ0) is 23.0. The number of para-hydroxylation sites is 2. The molecule has 0 aliphatic heterocycles. The third kappa shape index (κ3) is 10.1. The Bertz CT molecular complexity index is 703. The molecular formula is C28H45AuCl2N3. The zero-order valence-corrected chi connectivity index (χ0v) is 25.8. The molecule has 0 aliphatic rings. The molecule has 0 heterocycles. The van der Waals surface area contributed by atoms with Gasteiger partial charge in [-0.2, -0.15) is 0 Å². The molecule has 3 N–H and O–H groups in total. The van der Waals surface area contributed by atoms with Crippen molar-refractivity contribution in [3.05, 3.63) is 58.7 Å². The third-order valence-electron chi connectivity index (χ3n) is 5.95. The van der Waals surface area contributed by atoms with E-state index in [9.17, 15) is 0 Å². The minimum Gasteiger partial charge on any atom is -1.00 e. The summed E-state index contributed by atoms with van der Waals surface area (Å²) in [6.07, 6.45) is 0. The molecule has 197 valence electrons. The van der Waals surface area contributed by atoms with Gasteiger partial charge in [-0.3, -0.25) is 0 Å². The van der Waals surface area contributed by atoms with Crippen LogP contribution in [-0.2, 0) is 22.4 Å². The van der Waals surface area contributed by atoms with Crippen LogP contribution in [0.1, 0.15) is 101 Å². The fourth-order valence-corrected chi connectivity index (χ4v) is 4.19. The molecule has 0 unspecified atom stereocenters. The van der Waals surface area contributed by atoms with E-state index in [1.165, 1.54) is 33.6 Å². The van der Waals surface area contributed by atoms with Gasteiger partial charge in [-0.05, 0) is 45.9 Å². The Labute approximate surface area is 237 Å². The number of nitrogens with one attached hydrogen (secondary N) is 3. The van der Waals surface area contributed by atoms with Gasteiger partial charge in [0.2, 0.25) is 0 Å². The first kappa shape index (κ1) is 35.5. The van der Waals surface area contributed by atoms with Gasteiger partial charge in [0.15, 0.2) is 0 Å². The van der Waals surface area contributed by atoms with Crippen molar-refractivity contribution in [1.82, 2.24) is 5.32 Å². The Kier molecular flexibility index (Phi) is 18.5. The molecule has 2 rings (SSSR count). The quantitative estimate of drug-likeness (QED) is 0.232. The predicted octanol–water partition coefficient (Wildman–Crippen LogP) is 1.30. The first-order valence-corrected chi connectivity index (χ1v) is 12.2. The van der Waals surface area contributed by atoms with Crippen molar-refractivity contribution in [2.45, 2.75) is 79.1 Å². The minimum atomic E-state index is 0. The maximum Gasteiger partial charge on any atom is 2.00 e. The molecular weight excluding hydrogens is 646 g/mol. The van der Waals surface area contributed by atoms with E-state index in [1.54, 1.807) is 0 Å². The van der Waals surface area contributed by atoms with Crippen molar-refractivity contribution in [1.29, 1.82) is 0 Å². The molecule has 2 aromatic rings. The maximum atomic E-state index is 3.72. The largest absolute Gasteiger partial charge is 2.00 e. The predicted molar refractivity (Wildman–Crippen MR) is 139 cm³/mol. The Morgan fingerprint density at radius 3 is 1.00 bits per heavy atom. The topological polar surface area (TPSA) is 36.1 Å². The maximum absolute atomic E-state index is 3.72. The van der Waals surface area contributed by atoms with Crippen molar-refractivity contribution in [3.8, 4) is 0 Å². The van der Waals surface area contributed by atoms with E-state index in [2.05, 4.69) is 108 Å². The van der Waals surface area contributed by atoms with Gasteiger partial charge in [0.05, 0.1) is 0 Å². The van der Waals surface area contributed by atoms with Crippen LogP contribution < -0.4 is 40.8 Å². The van der Waals surface area contributed by atoms with Gasteiger partial charge in [-0.15, -0.1) is 0 Å². The Morgan fingerprint density at radius 1 is 0.500 bits per heavy atom. The first-order valence-electron chi connectivity index (χ1n) is 12.2. The summed E-state index contributed by atoms with van der Waals surface area (Å²) in [5.74, 6) is 2.09. The molecule has 0 saturated carbocycles. The van der Waals surface area contributed by atoms with E-state index in [4.69, 9.17) is 0 Å². The van der Waals surface area contributed by atoms with Crippen molar-refractivity contribution in [2.24, 2.45) is 0 Å². The molecule has 6 heteroatoms. The SMILES string of the molecule is CC(C)c1cccc(C(C)C)c1NCCNCCNc1c(C(C)C)cccc1C(C)C.[Au+2].[Cl-].[Cl-]. The van der Waals surface area contributed by atoms with Crippen LogP contribution in [0.4, 0.5) is 11.4 Å². The summed E-state index contributed by atoms with van der Waals surface area (Å²) in [6, 6.07) is 13.4. The summed E-state index contributed by atoms with van der Waals surface area (Å²) in [4.78, 5) is 0. The van der Waals surface area contributed by atoms with Gasteiger partial charge < -0.3 is 40.8 Å². The summed E-state index contributed by atoms with van der Waals surface area (Å²) in [5.41, 5.74) is 8.33. The molecule has 0 amide bonds. The van der Waals surface area contributed by atoms with Crippen LogP contribution in [0.2, 0.25) is 0 Å². The van der Waals surface area contributed by atoms with Crippen molar-refractivity contribution in [2.75, 3.05) is 36.8 Å². The van der Waals surface area contributed by atoms with E-state index in [-0.39, 0.29) is 47.2 Å². The van der Waals surface area contributed by atoms with Gasteiger partial charge >= 0.3 is 22.4 Å². The van der Waals surface area contributed by atoms with E-state index in [0.717, 1.165) is 26.2 Å². The van der Waals surface area contributed by atoms with Crippen molar-refractivity contribution >= 4 is 11.4 Å². The van der Waals surface area contributed by atoms with E-state index in [0.29, 0.717) is 23.7 Å². The molecule has 34 heavy (non-hydrogen) atoms. The summed E-state index contributed by atoms with van der Waals surface area (Å²) < 4.78 is 0. The van der Waals surface area contributed by atoms with Crippen LogP contribution in [-0.4, -0.2) is 26.2 Å². The molecule has 0 aliphatic carbocycles. The number of benzene rings is 2. The summed E-state index contributed by atoms with van der Waals surface area (Å²) in [6.45, 7) is 22.0. The third-order valence-corrected chi connectivity index (χ3v) is 5.95. The number of hydrogen-bond donors (Lipinski definition) is 3. The van der Waals surface area contributed by atoms with Crippen molar-refractivity contribution in [3.63, 3.8) is 0 Å². The van der Waals surface area contributed by atoms with Crippen LogP contribution in [0.3, 0.4) is 0 Å². The minimum absolute atomic E-state index is 0. The Morgan fingerprint density at radius 2 is 0.765 bits per heavy atom. The first-order chi connectivity index (χ1) is 14.7. The zero-order valence-electron chi connectivity index (χ0n) is 22.2. The summed E-state index contributed by atoms with van der Waals surface area (Å²) in [7, 11) is 0.